The highest BCUT2D eigenvalue weighted by Gasteiger charge is 2.20. The number of carbonyl (C=O) groups excluding carboxylic acids is 1. The predicted molar refractivity (Wildman–Crippen MR) is 130 cm³/mol. The van der Waals surface area contributed by atoms with E-state index in [1.807, 2.05) is 6.07 Å². The molecule has 34 heavy (non-hydrogen) atoms. The maximum absolute atomic E-state index is 13.9. The van der Waals surface area contributed by atoms with E-state index in [0.29, 0.717) is 22.4 Å². The Morgan fingerprint density at radius 2 is 1.85 bits per heavy atom. The lowest BCUT2D eigenvalue weighted by molar-refractivity contribution is 0.111. The summed E-state index contributed by atoms with van der Waals surface area (Å²) in [5.74, 6) is 0.373. The molecule has 0 aliphatic heterocycles. The number of nitrogens with zero attached hydrogens (tertiary/aromatic N) is 2. The molecule has 1 unspecified atom stereocenters. The van der Waals surface area contributed by atoms with Crippen LogP contribution in [-0.2, 0) is 11.3 Å². The fraction of sp³-hybridized carbons (Fsp3) is 0.250. The number of hydrogen-bond acceptors (Lipinski definition) is 6. The van der Waals surface area contributed by atoms with Gasteiger partial charge in [0.1, 0.15) is 24.3 Å². The molecular formula is C24H24Cl2FN3O4. The van der Waals surface area contributed by atoms with Crippen molar-refractivity contribution in [3.05, 3.63) is 69.6 Å². The van der Waals surface area contributed by atoms with Crippen LogP contribution in [0.1, 0.15) is 24.2 Å². The number of nitrogens with two attached hydrogens (primary N) is 1. The third kappa shape index (κ3) is 5.63. The van der Waals surface area contributed by atoms with Gasteiger partial charge < -0.3 is 24.8 Å². The summed E-state index contributed by atoms with van der Waals surface area (Å²) in [7, 11) is 4.74. The van der Waals surface area contributed by atoms with Gasteiger partial charge in [0.25, 0.3) is 0 Å². The maximum Gasteiger partial charge on any atom is 0.409 e. The zero-order chi connectivity index (χ0) is 25.0. The Labute approximate surface area is 207 Å². The molecule has 0 aliphatic carbocycles. The monoisotopic (exact) mass is 507 g/mol. The first kappa shape index (κ1) is 25.4. The largest absolute Gasteiger partial charge is 0.496 e. The quantitative estimate of drug-likeness (QED) is 0.387. The minimum absolute atomic E-state index is 0.0570. The van der Waals surface area contributed by atoms with E-state index in [1.165, 1.54) is 24.1 Å². The van der Waals surface area contributed by atoms with Crippen LogP contribution < -0.4 is 15.2 Å². The number of nitrogen functional groups attached to an aromatic ring is 1. The van der Waals surface area contributed by atoms with Gasteiger partial charge in [0, 0.05) is 42.0 Å². The van der Waals surface area contributed by atoms with Crippen LogP contribution in [0.15, 0.2) is 42.6 Å². The van der Waals surface area contributed by atoms with Gasteiger partial charge in [-0.2, -0.15) is 0 Å². The van der Waals surface area contributed by atoms with E-state index in [0.717, 1.165) is 5.56 Å². The number of rotatable bonds is 7. The molecule has 3 aromatic rings. The summed E-state index contributed by atoms with van der Waals surface area (Å²) < 4.78 is 30.6. The summed E-state index contributed by atoms with van der Waals surface area (Å²) in [5.41, 5.74) is 8.50. The minimum Gasteiger partial charge on any atom is -0.496 e. The van der Waals surface area contributed by atoms with Gasteiger partial charge in [-0.25, -0.2) is 14.2 Å². The molecule has 1 amide bonds. The standard InChI is InChI=1S/C24H24Cl2FN3O4/c1-13(21-17(25)7-8-18(27)22(21)26)34-20-10-16(11-29-23(20)28)14-5-6-15(19(9-14)32-4)12-33-24(31)30(2)3/h5-11,13H,12H2,1-4H3,(H2,28,29). The zero-order valence-corrected chi connectivity index (χ0v) is 20.6. The Bertz CT molecular complexity index is 1210. The molecule has 1 aromatic heterocycles. The average molecular weight is 508 g/mol. The summed E-state index contributed by atoms with van der Waals surface area (Å²) in [6.07, 6.45) is 0.442. The van der Waals surface area contributed by atoms with Gasteiger partial charge in [-0.15, -0.1) is 0 Å². The lowest BCUT2D eigenvalue weighted by atomic mass is 10.0. The molecule has 7 nitrogen and oxygen atoms in total. The highest BCUT2D eigenvalue weighted by molar-refractivity contribution is 6.36. The number of halogens is 3. The summed E-state index contributed by atoms with van der Waals surface area (Å²) in [6, 6.07) is 9.74. The molecule has 10 heteroatoms. The fourth-order valence-electron chi connectivity index (χ4n) is 3.18. The zero-order valence-electron chi connectivity index (χ0n) is 19.1. The lowest BCUT2D eigenvalue weighted by Crippen LogP contribution is -2.22. The van der Waals surface area contributed by atoms with E-state index in [-0.39, 0.29) is 28.2 Å². The van der Waals surface area contributed by atoms with Crippen LogP contribution in [0.2, 0.25) is 10.0 Å². The van der Waals surface area contributed by atoms with Crippen molar-refractivity contribution >= 4 is 35.1 Å². The first-order chi connectivity index (χ1) is 16.1. The van der Waals surface area contributed by atoms with E-state index in [9.17, 15) is 9.18 Å². The SMILES string of the molecule is COc1cc(-c2cnc(N)c(OC(C)c3c(Cl)ccc(F)c3Cl)c2)ccc1COC(=O)N(C)C. The third-order valence-electron chi connectivity index (χ3n) is 5.01. The number of anilines is 1. The van der Waals surface area contributed by atoms with E-state index in [2.05, 4.69) is 4.98 Å². The molecule has 2 aromatic carbocycles. The Morgan fingerprint density at radius 1 is 1.15 bits per heavy atom. The second-order valence-corrected chi connectivity index (χ2v) is 8.39. The van der Waals surface area contributed by atoms with E-state index in [1.54, 1.807) is 45.4 Å². The molecular weight excluding hydrogens is 484 g/mol. The van der Waals surface area contributed by atoms with Gasteiger partial charge in [-0.05, 0) is 36.8 Å². The van der Waals surface area contributed by atoms with E-state index in [4.69, 9.17) is 43.1 Å². The molecule has 0 fully saturated rings. The molecule has 0 radical (unpaired) electrons. The molecule has 0 aliphatic rings. The van der Waals surface area contributed by atoms with Crippen molar-refractivity contribution < 1.29 is 23.4 Å². The van der Waals surface area contributed by atoms with Crippen molar-refractivity contribution in [1.82, 2.24) is 9.88 Å². The van der Waals surface area contributed by atoms with Crippen molar-refractivity contribution in [2.75, 3.05) is 26.9 Å². The normalized spacial score (nSPS) is 11.6. The number of methoxy groups -OCH3 is 1. The van der Waals surface area contributed by atoms with Crippen molar-refractivity contribution in [2.45, 2.75) is 19.6 Å². The van der Waals surface area contributed by atoms with E-state index >= 15 is 0 Å². The Hall–Kier alpha value is -3.23. The van der Waals surface area contributed by atoms with Crippen molar-refractivity contribution in [1.29, 1.82) is 0 Å². The van der Waals surface area contributed by atoms with Gasteiger partial charge in [0.15, 0.2) is 11.6 Å². The van der Waals surface area contributed by atoms with Crippen LogP contribution in [0.4, 0.5) is 15.0 Å². The van der Waals surface area contributed by atoms with Crippen LogP contribution in [0, 0.1) is 5.82 Å². The summed E-state index contributed by atoms with van der Waals surface area (Å²) in [4.78, 5) is 17.3. The lowest BCUT2D eigenvalue weighted by Gasteiger charge is -2.19. The second-order valence-electron chi connectivity index (χ2n) is 7.60. The molecule has 0 saturated heterocycles. The number of ether oxygens (including phenoxy) is 3. The van der Waals surface area contributed by atoms with E-state index < -0.39 is 18.0 Å². The summed E-state index contributed by atoms with van der Waals surface area (Å²) in [5, 5.41) is 0.162. The molecule has 1 atom stereocenters. The van der Waals surface area contributed by atoms with Crippen LogP contribution in [0.5, 0.6) is 11.5 Å². The predicted octanol–water partition coefficient (Wildman–Crippen LogP) is 6.12. The topological polar surface area (TPSA) is 86.9 Å². The summed E-state index contributed by atoms with van der Waals surface area (Å²) in [6.45, 7) is 1.74. The average Bonchev–Trinajstić information content (AvgIpc) is 2.81. The van der Waals surface area contributed by atoms with Crippen molar-refractivity contribution in [3.63, 3.8) is 0 Å². The number of benzene rings is 2. The van der Waals surface area contributed by atoms with Crippen LogP contribution >= 0.6 is 23.2 Å². The number of aromatic nitrogens is 1. The molecule has 0 spiro atoms. The molecule has 0 bridgehead atoms. The smallest absolute Gasteiger partial charge is 0.409 e. The molecule has 2 N–H and O–H groups in total. The van der Waals surface area contributed by atoms with Gasteiger partial charge >= 0.3 is 6.09 Å². The van der Waals surface area contributed by atoms with Crippen LogP contribution in [0.3, 0.4) is 0 Å². The second kappa shape index (κ2) is 10.8. The Morgan fingerprint density at radius 3 is 2.53 bits per heavy atom. The van der Waals surface area contributed by atoms with Gasteiger partial charge in [-0.1, -0.05) is 35.3 Å². The molecule has 180 valence electrons. The Kier molecular flexibility index (Phi) is 8.06. The van der Waals surface area contributed by atoms with Gasteiger partial charge in [0.2, 0.25) is 0 Å². The number of carbonyl (C=O) groups is 1. The summed E-state index contributed by atoms with van der Waals surface area (Å²) >= 11 is 12.3. The first-order valence-electron chi connectivity index (χ1n) is 10.2. The molecule has 1 heterocycles. The van der Waals surface area contributed by atoms with Crippen molar-refractivity contribution in [3.8, 4) is 22.6 Å². The third-order valence-corrected chi connectivity index (χ3v) is 5.72. The molecule has 0 saturated carbocycles. The van der Waals surface area contributed by atoms with Crippen LogP contribution in [-0.4, -0.2) is 37.2 Å². The van der Waals surface area contributed by atoms with Crippen molar-refractivity contribution in [2.24, 2.45) is 0 Å². The highest BCUT2D eigenvalue weighted by Crippen LogP contribution is 2.37. The minimum atomic E-state index is -0.696. The number of hydrogen-bond donors (Lipinski definition) is 1. The maximum atomic E-state index is 13.9. The van der Waals surface area contributed by atoms with Crippen LogP contribution in [0.25, 0.3) is 11.1 Å². The Balaban J connectivity index is 1.87. The first-order valence-corrected chi connectivity index (χ1v) is 10.9. The van der Waals surface area contributed by atoms with Gasteiger partial charge in [-0.3, -0.25) is 0 Å². The fourth-order valence-corrected chi connectivity index (χ4v) is 3.86. The molecule has 3 rings (SSSR count). The number of pyridine rings is 1. The highest BCUT2D eigenvalue weighted by atomic mass is 35.5. The van der Waals surface area contributed by atoms with Gasteiger partial charge in [0.05, 0.1) is 12.1 Å². The number of amides is 1.